The van der Waals surface area contributed by atoms with Crippen molar-refractivity contribution in [1.82, 2.24) is 20.6 Å². The van der Waals surface area contributed by atoms with Crippen LogP contribution in [0.15, 0.2) is 61.4 Å². The molecule has 0 bridgehead atoms. The van der Waals surface area contributed by atoms with Gasteiger partial charge in [0.15, 0.2) is 0 Å². The van der Waals surface area contributed by atoms with Crippen LogP contribution >= 0.6 is 0 Å². The first kappa shape index (κ1) is 22.7. The smallest absolute Gasteiger partial charge is 0.130 e. The Bertz CT molecular complexity index is 1100. The van der Waals surface area contributed by atoms with E-state index in [1.807, 2.05) is 30.3 Å². The Balaban J connectivity index is 1.61. The van der Waals surface area contributed by atoms with Crippen LogP contribution in [0.25, 0.3) is 5.70 Å². The molecule has 4 rings (SSSR count). The van der Waals surface area contributed by atoms with Crippen LogP contribution in [0.2, 0.25) is 0 Å². The fourth-order valence-electron chi connectivity index (χ4n) is 4.18. The van der Waals surface area contributed by atoms with Gasteiger partial charge in [0, 0.05) is 53.1 Å². The Morgan fingerprint density at radius 2 is 2.09 bits per heavy atom. The predicted molar refractivity (Wildman–Crippen MR) is 132 cm³/mol. The number of rotatable bonds is 8. The number of nitrogens with two attached hydrogens (primary N) is 1. The second-order valence-corrected chi connectivity index (χ2v) is 8.12. The van der Waals surface area contributed by atoms with Crippen LogP contribution in [0, 0.1) is 5.82 Å². The van der Waals surface area contributed by atoms with Gasteiger partial charge in [0.1, 0.15) is 17.5 Å². The lowest BCUT2D eigenvalue weighted by Crippen LogP contribution is -2.39. The van der Waals surface area contributed by atoms with Gasteiger partial charge < -0.3 is 27.0 Å². The number of pyridine rings is 2. The number of nitrogens with zero attached hydrogens (tertiary/aromatic N) is 2. The van der Waals surface area contributed by atoms with E-state index in [2.05, 4.69) is 37.8 Å². The molecule has 2 aromatic heterocycles. The van der Waals surface area contributed by atoms with Crippen molar-refractivity contribution in [2.45, 2.75) is 24.9 Å². The molecule has 1 saturated heterocycles. The maximum atomic E-state index is 15.4. The van der Waals surface area contributed by atoms with Gasteiger partial charge >= 0.3 is 0 Å². The first-order valence-electron chi connectivity index (χ1n) is 11.1. The highest BCUT2D eigenvalue weighted by Crippen LogP contribution is 2.34. The quantitative estimate of drug-likeness (QED) is 0.359. The molecule has 0 amide bonds. The van der Waals surface area contributed by atoms with Crippen molar-refractivity contribution in [3.8, 4) is 0 Å². The van der Waals surface area contributed by atoms with E-state index in [1.54, 1.807) is 25.5 Å². The van der Waals surface area contributed by atoms with Gasteiger partial charge in [-0.25, -0.2) is 14.4 Å². The topological polar surface area (TPSA) is 99.9 Å². The van der Waals surface area contributed by atoms with Crippen molar-refractivity contribution in [1.29, 1.82) is 0 Å². The number of hydrogen-bond acceptors (Lipinski definition) is 7. The molecule has 0 aliphatic carbocycles. The summed E-state index contributed by atoms with van der Waals surface area (Å²) >= 11 is 0. The van der Waals surface area contributed by atoms with Gasteiger partial charge in [-0.1, -0.05) is 24.8 Å². The normalized spacial score (nSPS) is 16.7. The number of halogens is 1. The Kier molecular flexibility index (Phi) is 7.16. The summed E-state index contributed by atoms with van der Waals surface area (Å²) in [7, 11) is 1.79. The minimum atomic E-state index is -0.469. The van der Waals surface area contributed by atoms with E-state index in [1.165, 1.54) is 6.07 Å². The second-order valence-electron chi connectivity index (χ2n) is 8.12. The number of piperidine rings is 1. The summed E-state index contributed by atoms with van der Waals surface area (Å²) in [5.41, 5.74) is 9.58. The molecule has 3 heterocycles. The highest BCUT2D eigenvalue weighted by molar-refractivity contribution is 5.74. The maximum Gasteiger partial charge on any atom is 0.130 e. The number of anilines is 3. The lowest BCUT2D eigenvalue weighted by molar-refractivity contribution is 0.479. The second kappa shape index (κ2) is 10.4. The summed E-state index contributed by atoms with van der Waals surface area (Å²) in [5, 5.41) is 13.3. The van der Waals surface area contributed by atoms with Gasteiger partial charge in [-0.2, -0.15) is 0 Å². The lowest BCUT2D eigenvalue weighted by Gasteiger charge is -2.28. The summed E-state index contributed by atoms with van der Waals surface area (Å²) in [6, 6.07) is 12.3. The number of aromatic nitrogens is 2. The molecule has 2 atom stereocenters. The third-order valence-corrected chi connectivity index (χ3v) is 5.86. The predicted octanol–water partition coefficient (Wildman–Crippen LogP) is 3.75. The third-order valence-electron chi connectivity index (χ3n) is 5.86. The van der Waals surface area contributed by atoms with Crippen molar-refractivity contribution >= 4 is 23.0 Å². The highest BCUT2D eigenvalue weighted by atomic mass is 19.1. The fourth-order valence-corrected chi connectivity index (χ4v) is 4.18. The largest absolute Gasteiger partial charge is 0.383 e. The van der Waals surface area contributed by atoms with E-state index in [9.17, 15) is 0 Å². The minimum Gasteiger partial charge on any atom is -0.383 e. The zero-order valence-electron chi connectivity index (χ0n) is 18.7. The first-order valence-corrected chi connectivity index (χ1v) is 11.1. The fraction of sp³-hybridized carbons (Fsp3) is 0.280. The SMILES string of the molecule is C=C(Nc1ccccn1)c1ccc(C(NC)c2c(NC3CCCNC3)ccnc2N)c(F)c1. The number of nitrogen functional groups attached to an aromatic ring is 1. The Hall–Kier alpha value is -3.49. The third kappa shape index (κ3) is 5.30. The summed E-state index contributed by atoms with van der Waals surface area (Å²) in [6.07, 6.45) is 5.53. The van der Waals surface area contributed by atoms with Crippen LogP contribution in [-0.2, 0) is 0 Å². The number of benzene rings is 1. The molecule has 2 unspecified atom stereocenters. The van der Waals surface area contributed by atoms with Crippen molar-refractivity contribution in [3.05, 3.63) is 83.9 Å². The number of nitrogens with one attached hydrogen (secondary N) is 4. The van der Waals surface area contributed by atoms with Crippen molar-refractivity contribution in [3.63, 3.8) is 0 Å². The van der Waals surface area contributed by atoms with Crippen LogP contribution in [0.3, 0.4) is 0 Å². The summed E-state index contributed by atoms with van der Waals surface area (Å²) < 4.78 is 15.4. The molecule has 8 heteroatoms. The van der Waals surface area contributed by atoms with Gasteiger partial charge in [-0.05, 0) is 50.7 Å². The van der Waals surface area contributed by atoms with Crippen molar-refractivity contribution in [2.75, 3.05) is 36.5 Å². The molecule has 33 heavy (non-hydrogen) atoms. The Morgan fingerprint density at radius 3 is 2.79 bits per heavy atom. The zero-order valence-corrected chi connectivity index (χ0v) is 18.7. The average Bonchev–Trinajstić information content (AvgIpc) is 2.83. The van der Waals surface area contributed by atoms with Crippen molar-refractivity contribution < 1.29 is 4.39 Å². The summed E-state index contributed by atoms with van der Waals surface area (Å²) in [5.74, 6) is 0.660. The van der Waals surface area contributed by atoms with Gasteiger partial charge in [0.25, 0.3) is 0 Å². The van der Waals surface area contributed by atoms with E-state index in [0.29, 0.717) is 28.5 Å². The van der Waals surface area contributed by atoms with E-state index < -0.39 is 6.04 Å². The molecule has 7 nitrogen and oxygen atoms in total. The van der Waals surface area contributed by atoms with Gasteiger partial charge in [0.2, 0.25) is 0 Å². The molecule has 0 saturated carbocycles. The van der Waals surface area contributed by atoms with E-state index >= 15 is 4.39 Å². The molecule has 1 fully saturated rings. The molecule has 1 aromatic carbocycles. The van der Waals surface area contributed by atoms with Crippen LogP contribution in [-0.4, -0.2) is 36.1 Å². The number of hydrogen-bond donors (Lipinski definition) is 5. The molecular weight excluding hydrogens is 417 g/mol. The lowest BCUT2D eigenvalue weighted by atomic mass is 9.95. The van der Waals surface area contributed by atoms with Crippen LogP contribution < -0.4 is 27.0 Å². The summed E-state index contributed by atoms with van der Waals surface area (Å²) in [4.78, 5) is 8.50. The Labute approximate surface area is 193 Å². The molecule has 172 valence electrons. The summed E-state index contributed by atoms with van der Waals surface area (Å²) in [6.45, 7) is 5.93. The standard InChI is InChI=1S/C25H30FN7/c1-16(32-22-7-3-4-12-30-22)17-8-9-19(20(26)14-17)24(28-2)23-21(10-13-31-25(23)27)33-18-6-5-11-29-15-18/h3-4,7-10,12-14,18,24,28-29H,1,5-6,11,15H2,2H3,(H,30,32)(H3,27,31,33). The van der Waals surface area contributed by atoms with Crippen LogP contribution in [0.1, 0.15) is 35.6 Å². The van der Waals surface area contributed by atoms with Gasteiger partial charge in [-0.15, -0.1) is 0 Å². The van der Waals surface area contributed by atoms with E-state index in [0.717, 1.165) is 37.2 Å². The molecule has 0 radical (unpaired) electrons. The molecule has 3 aromatic rings. The average molecular weight is 448 g/mol. The Morgan fingerprint density at radius 1 is 1.21 bits per heavy atom. The van der Waals surface area contributed by atoms with Crippen LogP contribution in [0.4, 0.5) is 21.7 Å². The van der Waals surface area contributed by atoms with E-state index in [4.69, 9.17) is 5.73 Å². The molecule has 6 N–H and O–H groups in total. The molecular formula is C25H30FN7. The molecule has 0 spiro atoms. The van der Waals surface area contributed by atoms with Crippen LogP contribution in [0.5, 0.6) is 0 Å². The zero-order chi connectivity index (χ0) is 23.2. The monoisotopic (exact) mass is 447 g/mol. The van der Waals surface area contributed by atoms with Gasteiger partial charge in [0.05, 0.1) is 6.04 Å². The van der Waals surface area contributed by atoms with Crippen molar-refractivity contribution in [2.24, 2.45) is 0 Å². The molecule has 1 aliphatic heterocycles. The maximum absolute atomic E-state index is 15.4. The highest BCUT2D eigenvalue weighted by Gasteiger charge is 2.24. The first-order chi connectivity index (χ1) is 16.1. The molecule has 1 aliphatic rings. The van der Waals surface area contributed by atoms with Gasteiger partial charge in [-0.3, -0.25) is 0 Å². The minimum absolute atomic E-state index is 0.282. The van der Waals surface area contributed by atoms with E-state index in [-0.39, 0.29) is 11.9 Å².